The highest BCUT2D eigenvalue weighted by atomic mass is 32.1. The summed E-state index contributed by atoms with van der Waals surface area (Å²) in [4.78, 5) is 29.6. The van der Waals surface area contributed by atoms with E-state index in [1.165, 1.54) is 28.4 Å². The molecule has 7 heteroatoms. The third-order valence-electron chi connectivity index (χ3n) is 4.48. The minimum absolute atomic E-state index is 0.0545. The second-order valence-electron chi connectivity index (χ2n) is 6.68. The molecule has 2 aromatic rings. The lowest BCUT2D eigenvalue weighted by molar-refractivity contribution is -0.129. The molecule has 1 aliphatic rings. The highest BCUT2D eigenvalue weighted by Gasteiger charge is 2.43. The zero-order valence-electron chi connectivity index (χ0n) is 15.2. The summed E-state index contributed by atoms with van der Waals surface area (Å²) in [7, 11) is 3.87. The summed E-state index contributed by atoms with van der Waals surface area (Å²) in [6.07, 6.45) is 0.685. The van der Waals surface area contributed by atoms with Gasteiger partial charge in [0, 0.05) is 6.54 Å². The molecule has 1 amide bonds. The number of carbonyl (C=O) groups is 2. The monoisotopic (exact) mass is 388 g/mol. The fraction of sp³-hybridized carbons (Fsp3) is 0.300. The second-order valence-corrected chi connectivity index (χ2v) is 7.63. The minimum atomic E-state index is -0.727. The maximum atomic E-state index is 13.4. The maximum Gasteiger partial charge on any atom is 0.290 e. The Kier molecular flexibility index (Phi) is 5.72. The maximum absolute atomic E-state index is 13.4. The summed E-state index contributed by atoms with van der Waals surface area (Å²) in [5.74, 6) is -1.86. The van der Waals surface area contributed by atoms with E-state index in [-0.39, 0.29) is 11.4 Å². The molecule has 3 rings (SSSR count). The van der Waals surface area contributed by atoms with E-state index in [1.807, 2.05) is 19.0 Å². The Morgan fingerprint density at radius 3 is 2.56 bits per heavy atom. The molecule has 1 aromatic heterocycles. The van der Waals surface area contributed by atoms with Gasteiger partial charge in [-0.05, 0) is 56.2 Å². The number of hydrogen-bond donors (Lipinski definition) is 1. The van der Waals surface area contributed by atoms with Crippen LogP contribution in [0.15, 0.2) is 53.1 Å². The Balaban J connectivity index is 1.99. The van der Waals surface area contributed by atoms with Gasteiger partial charge in [0.2, 0.25) is 5.78 Å². The average molecular weight is 388 g/mol. The van der Waals surface area contributed by atoms with Crippen LogP contribution in [0.25, 0.3) is 0 Å². The van der Waals surface area contributed by atoms with Gasteiger partial charge in [0.1, 0.15) is 5.82 Å². The minimum Gasteiger partial charge on any atom is -0.503 e. The largest absolute Gasteiger partial charge is 0.503 e. The van der Waals surface area contributed by atoms with Crippen molar-refractivity contribution < 1.29 is 19.1 Å². The summed E-state index contributed by atoms with van der Waals surface area (Å²) < 4.78 is 13.4. The molecule has 0 spiro atoms. The van der Waals surface area contributed by atoms with Crippen molar-refractivity contribution in [2.75, 3.05) is 27.2 Å². The van der Waals surface area contributed by atoms with Crippen LogP contribution in [-0.4, -0.2) is 53.8 Å². The van der Waals surface area contributed by atoms with Crippen LogP contribution in [0.5, 0.6) is 0 Å². The van der Waals surface area contributed by atoms with Gasteiger partial charge in [0.25, 0.3) is 5.91 Å². The molecule has 0 fully saturated rings. The van der Waals surface area contributed by atoms with Gasteiger partial charge in [-0.2, -0.15) is 0 Å². The Bertz CT molecular complexity index is 860. The lowest BCUT2D eigenvalue weighted by Gasteiger charge is -2.27. The summed E-state index contributed by atoms with van der Waals surface area (Å²) >= 11 is 1.25. The average Bonchev–Trinajstić information content (AvgIpc) is 3.25. The molecule has 1 N–H and O–H groups in total. The molecule has 1 atom stereocenters. The SMILES string of the molecule is CN(C)CCCN1C(=O)C(O)=C(C(=O)c2cccs2)C1c1ccc(F)cc1. The van der Waals surface area contributed by atoms with Crippen molar-refractivity contribution in [2.45, 2.75) is 12.5 Å². The van der Waals surface area contributed by atoms with Crippen LogP contribution < -0.4 is 0 Å². The Hall–Kier alpha value is -2.51. The number of amides is 1. The van der Waals surface area contributed by atoms with Gasteiger partial charge in [0.15, 0.2) is 5.76 Å². The number of nitrogens with zero attached hydrogens (tertiary/aromatic N) is 2. The molecule has 1 aliphatic heterocycles. The lowest BCUT2D eigenvalue weighted by atomic mass is 9.95. The summed E-state index contributed by atoms with van der Waals surface area (Å²) in [6, 6.07) is 8.36. The first-order valence-corrected chi connectivity index (χ1v) is 9.50. The third kappa shape index (κ3) is 3.94. The summed E-state index contributed by atoms with van der Waals surface area (Å²) in [5.41, 5.74) is 0.650. The zero-order chi connectivity index (χ0) is 19.6. The molecule has 27 heavy (non-hydrogen) atoms. The number of thiophene rings is 1. The van der Waals surface area contributed by atoms with Crippen LogP contribution in [0.4, 0.5) is 4.39 Å². The number of Topliss-reactive ketones (excluding diaryl/α,β-unsaturated/α-hetero) is 1. The standard InChI is InChI=1S/C20H21FN2O3S/c1-22(2)10-4-11-23-17(13-6-8-14(21)9-7-13)16(19(25)20(23)26)18(24)15-5-3-12-27-15/h3,5-9,12,17,25H,4,10-11H2,1-2H3. The van der Waals surface area contributed by atoms with E-state index in [4.69, 9.17) is 0 Å². The predicted molar refractivity (Wildman–Crippen MR) is 102 cm³/mol. The number of carbonyl (C=O) groups excluding carboxylic acids is 2. The van der Waals surface area contributed by atoms with E-state index >= 15 is 0 Å². The molecular formula is C20H21FN2O3S. The van der Waals surface area contributed by atoms with Gasteiger partial charge in [-0.25, -0.2) is 4.39 Å². The second kappa shape index (κ2) is 8.02. The fourth-order valence-electron chi connectivity index (χ4n) is 3.21. The Morgan fingerprint density at radius 2 is 1.96 bits per heavy atom. The van der Waals surface area contributed by atoms with Gasteiger partial charge in [-0.1, -0.05) is 18.2 Å². The first-order chi connectivity index (χ1) is 12.9. The Morgan fingerprint density at radius 1 is 1.26 bits per heavy atom. The van der Waals surface area contributed by atoms with E-state index in [9.17, 15) is 19.1 Å². The molecule has 5 nitrogen and oxygen atoms in total. The van der Waals surface area contributed by atoms with Crippen LogP contribution >= 0.6 is 11.3 Å². The molecule has 0 radical (unpaired) electrons. The highest BCUT2D eigenvalue weighted by molar-refractivity contribution is 7.12. The van der Waals surface area contributed by atoms with Crippen LogP contribution in [0.1, 0.15) is 27.7 Å². The first kappa shape index (κ1) is 19.3. The number of rotatable bonds is 7. The number of benzene rings is 1. The van der Waals surface area contributed by atoms with Gasteiger partial charge in [0.05, 0.1) is 16.5 Å². The van der Waals surface area contributed by atoms with Crippen LogP contribution in [0.3, 0.4) is 0 Å². The fourth-order valence-corrected chi connectivity index (χ4v) is 3.88. The van der Waals surface area contributed by atoms with Crippen LogP contribution in [0.2, 0.25) is 0 Å². The van der Waals surface area contributed by atoms with E-state index in [0.717, 1.165) is 6.54 Å². The van der Waals surface area contributed by atoms with Crippen LogP contribution in [-0.2, 0) is 4.79 Å². The van der Waals surface area contributed by atoms with Gasteiger partial charge in [-0.3, -0.25) is 9.59 Å². The molecule has 0 aliphatic carbocycles. The lowest BCUT2D eigenvalue weighted by Crippen LogP contribution is -2.33. The first-order valence-electron chi connectivity index (χ1n) is 8.62. The molecule has 2 heterocycles. The van der Waals surface area contributed by atoms with Crippen molar-refractivity contribution >= 4 is 23.0 Å². The molecule has 0 saturated heterocycles. The van der Waals surface area contributed by atoms with Gasteiger partial charge in [-0.15, -0.1) is 11.3 Å². The smallest absolute Gasteiger partial charge is 0.290 e. The van der Waals surface area contributed by atoms with Gasteiger partial charge >= 0.3 is 0 Å². The summed E-state index contributed by atoms with van der Waals surface area (Å²) in [6.45, 7) is 1.14. The molecule has 1 aromatic carbocycles. The van der Waals surface area contributed by atoms with Crippen molar-refractivity contribution in [3.8, 4) is 0 Å². The van der Waals surface area contributed by atoms with E-state index in [0.29, 0.717) is 23.4 Å². The predicted octanol–water partition coefficient (Wildman–Crippen LogP) is 3.42. The van der Waals surface area contributed by atoms with Crippen molar-refractivity contribution in [2.24, 2.45) is 0 Å². The third-order valence-corrected chi connectivity index (χ3v) is 5.35. The van der Waals surface area contributed by atoms with E-state index in [2.05, 4.69) is 0 Å². The normalized spacial score (nSPS) is 17.3. The van der Waals surface area contributed by atoms with E-state index in [1.54, 1.807) is 29.6 Å². The molecular weight excluding hydrogens is 367 g/mol. The highest BCUT2D eigenvalue weighted by Crippen LogP contribution is 2.39. The van der Waals surface area contributed by atoms with Crippen molar-refractivity contribution in [1.82, 2.24) is 9.80 Å². The van der Waals surface area contributed by atoms with Crippen molar-refractivity contribution in [3.05, 3.63) is 69.4 Å². The zero-order valence-corrected chi connectivity index (χ0v) is 16.0. The molecule has 142 valence electrons. The number of aliphatic hydroxyl groups is 1. The number of aliphatic hydroxyl groups excluding tert-OH is 1. The molecule has 1 unspecified atom stereocenters. The van der Waals surface area contributed by atoms with Gasteiger partial charge < -0.3 is 14.9 Å². The number of halogens is 1. The topological polar surface area (TPSA) is 60.9 Å². The molecule has 0 saturated carbocycles. The quantitative estimate of drug-likeness (QED) is 0.739. The number of hydrogen-bond acceptors (Lipinski definition) is 5. The van der Waals surface area contributed by atoms with Crippen molar-refractivity contribution in [1.29, 1.82) is 0 Å². The number of ketones is 1. The molecule has 0 bridgehead atoms. The van der Waals surface area contributed by atoms with Crippen LogP contribution in [0, 0.1) is 5.82 Å². The van der Waals surface area contributed by atoms with E-state index < -0.39 is 23.5 Å². The van der Waals surface area contributed by atoms with Crippen molar-refractivity contribution in [3.63, 3.8) is 0 Å². The Labute approximate surface area is 161 Å². The summed E-state index contributed by atoms with van der Waals surface area (Å²) in [5, 5.41) is 12.2.